The van der Waals surface area contributed by atoms with Crippen molar-refractivity contribution in [3.63, 3.8) is 0 Å². The van der Waals surface area contributed by atoms with E-state index in [-0.39, 0.29) is 5.41 Å². The first-order valence-corrected chi connectivity index (χ1v) is 17.9. The molecule has 3 aliphatic carbocycles. The van der Waals surface area contributed by atoms with Gasteiger partial charge in [-0.2, -0.15) is 0 Å². The molecular formula is C47H36N2. The van der Waals surface area contributed by atoms with Gasteiger partial charge in [0.25, 0.3) is 0 Å². The highest BCUT2D eigenvalue weighted by atomic mass is 15.1. The zero-order valence-corrected chi connectivity index (χ0v) is 27.4. The van der Waals surface area contributed by atoms with Crippen LogP contribution in [0.1, 0.15) is 36.8 Å². The molecule has 3 aliphatic rings. The molecule has 3 unspecified atom stereocenters. The largest absolute Gasteiger partial charge is 0.309 e. The Bertz CT molecular complexity index is 2590. The highest BCUT2D eigenvalue weighted by molar-refractivity contribution is 6.11. The molecule has 2 bridgehead atoms. The highest BCUT2D eigenvalue weighted by Gasteiger charge is 2.57. The molecule has 8 aromatic rings. The zero-order chi connectivity index (χ0) is 32.1. The first kappa shape index (κ1) is 27.4. The van der Waals surface area contributed by atoms with Crippen LogP contribution in [0.15, 0.2) is 158 Å². The number of hydrogen-bond donors (Lipinski definition) is 0. The number of benzene rings is 7. The van der Waals surface area contributed by atoms with Crippen molar-refractivity contribution in [2.45, 2.75) is 31.1 Å². The van der Waals surface area contributed by atoms with E-state index in [1.165, 1.54) is 92.1 Å². The molecule has 3 atom stereocenters. The fourth-order valence-corrected chi connectivity index (χ4v) is 10.4. The van der Waals surface area contributed by atoms with Gasteiger partial charge in [-0.3, -0.25) is 0 Å². The molecule has 2 nitrogen and oxygen atoms in total. The minimum atomic E-state index is 0.127. The molecule has 2 fully saturated rings. The predicted molar refractivity (Wildman–Crippen MR) is 205 cm³/mol. The first-order chi connectivity index (χ1) is 24.3. The van der Waals surface area contributed by atoms with Crippen molar-refractivity contribution >= 4 is 49.6 Å². The molecule has 0 aliphatic heterocycles. The van der Waals surface area contributed by atoms with Crippen molar-refractivity contribution in [2.75, 3.05) is 4.90 Å². The second-order valence-corrected chi connectivity index (χ2v) is 14.5. The van der Waals surface area contributed by atoms with Gasteiger partial charge in [0.15, 0.2) is 0 Å². The maximum atomic E-state index is 2.57. The van der Waals surface area contributed by atoms with Crippen LogP contribution in [-0.4, -0.2) is 4.57 Å². The van der Waals surface area contributed by atoms with Crippen LogP contribution in [-0.2, 0) is 5.41 Å². The summed E-state index contributed by atoms with van der Waals surface area (Å²) in [6, 6.07) is 58.9. The Morgan fingerprint density at radius 2 is 1.27 bits per heavy atom. The maximum Gasteiger partial charge on any atom is 0.0543 e. The average Bonchev–Trinajstić information content (AvgIpc) is 3.93. The number of anilines is 3. The van der Waals surface area contributed by atoms with Crippen LogP contribution >= 0.6 is 0 Å². The van der Waals surface area contributed by atoms with Crippen LogP contribution in [0.4, 0.5) is 17.1 Å². The molecule has 49 heavy (non-hydrogen) atoms. The lowest BCUT2D eigenvalue weighted by molar-refractivity contribution is 0.327. The second-order valence-electron chi connectivity index (χ2n) is 14.5. The van der Waals surface area contributed by atoms with E-state index in [4.69, 9.17) is 0 Å². The van der Waals surface area contributed by atoms with Crippen molar-refractivity contribution in [3.8, 4) is 16.8 Å². The van der Waals surface area contributed by atoms with Crippen LogP contribution in [0, 0.1) is 11.8 Å². The summed E-state index contributed by atoms with van der Waals surface area (Å²) in [5.41, 5.74) is 13.4. The molecule has 234 valence electrons. The molecule has 0 radical (unpaired) electrons. The van der Waals surface area contributed by atoms with Gasteiger partial charge in [0.1, 0.15) is 0 Å². The van der Waals surface area contributed by atoms with Crippen LogP contribution in [0.25, 0.3) is 49.4 Å². The van der Waals surface area contributed by atoms with E-state index < -0.39 is 0 Å². The SMILES string of the molecule is c1ccc(-n2c3ccccc3c3cc(N(c4cccc5c4-c4ccccc4C54CC5CCC4C5)c4cccc5ccccc45)ccc32)cc1. The summed E-state index contributed by atoms with van der Waals surface area (Å²) in [6.45, 7) is 0. The molecule has 1 heterocycles. The van der Waals surface area contributed by atoms with Gasteiger partial charge in [-0.05, 0) is 102 Å². The predicted octanol–water partition coefficient (Wildman–Crippen LogP) is 12.5. The van der Waals surface area contributed by atoms with Gasteiger partial charge in [-0.15, -0.1) is 0 Å². The van der Waals surface area contributed by atoms with Gasteiger partial charge in [0, 0.05) is 38.5 Å². The number of hydrogen-bond acceptors (Lipinski definition) is 1. The fraction of sp³-hybridized carbons (Fsp3) is 0.149. The standard InChI is InChI=1S/C47H36N2/c1-2-14-34(15-3-1)48-43-21-9-7-17-37(43)39-29-35(26-27-44(39)48)49(42-22-10-13-32-12-4-5-16-36(32)42)45-23-11-20-41-46(45)38-18-6-8-19-40(38)47(41)30-31-24-25-33(47)28-31/h1-23,26-27,29,31,33H,24-25,28,30H2. The van der Waals surface area contributed by atoms with Crippen LogP contribution in [0.3, 0.4) is 0 Å². The second kappa shape index (κ2) is 10.2. The highest BCUT2D eigenvalue weighted by Crippen LogP contribution is 2.67. The van der Waals surface area contributed by atoms with Gasteiger partial charge in [0.05, 0.1) is 22.4 Å². The van der Waals surface area contributed by atoms with E-state index in [1.54, 1.807) is 11.1 Å². The van der Waals surface area contributed by atoms with Gasteiger partial charge < -0.3 is 9.47 Å². The normalized spacial score (nSPS) is 20.4. The van der Waals surface area contributed by atoms with Crippen molar-refractivity contribution in [3.05, 3.63) is 169 Å². The van der Waals surface area contributed by atoms with Gasteiger partial charge in [-0.25, -0.2) is 0 Å². The average molecular weight is 629 g/mol. The van der Waals surface area contributed by atoms with Gasteiger partial charge in [0.2, 0.25) is 0 Å². The third-order valence-electron chi connectivity index (χ3n) is 12.2. The molecule has 2 heteroatoms. The van der Waals surface area contributed by atoms with Gasteiger partial charge in [-0.1, -0.05) is 116 Å². The Morgan fingerprint density at radius 1 is 0.551 bits per heavy atom. The summed E-state index contributed by atoms with van der Waals surface area (Å²) in [4.78, 5) is 2.57. The van der Waals surface area contributed by atoms with Crippen molar-refractivity contribution in [1.29, 1.82) is 0 Å². The summed E-state index contributed by atoms with van der Waals surface area (Å²) in [7, 11) is 0. The Hall–Kier alpha value is -5.60. The maximum absolute atomic E-state index is 2.57. The third-order valence-corrected chi connectivity index (χ3v) is 12.2. The summed E-state index contributed by atoms with van der Waals surface area (Å²) >= 11 is 0. The number of aromatic nitrogens is 1. The molecule has 2 saturated carbocycles. The number of fused-ring (bicyclic) bond motifs is 12. The zero-order valence-electron chi connectivity index (χ0n) is 27.4. The van der Waals surface area contributed by atoms with E-state index in [2.05, 4.69) is 167 Å². The molecule has 0 amide bonds. The minimum absolute atomic E-state index is 0.127. The molecular weight excluding hydrogens is 593 g/mol. The molecule has 7 aromatic carbocycles. The van der Waals surface area contributed by atoms with E-state index in [1.807, 2.05) is 0 Å². The minimum Gasteiger partial charge on any atom is -0.309 e. The smallest absolute Gasteiger partial charge is 0.0543 e. The quantitative estimate of drug-likeness (QED) is 0.188. The Morgan fingerprint density at radius 3 is 2.14 bits per heavy atom. The number of para-hydroxylation sites is 2. The van der Waals surface area contributed by atoms with Crippen LogP contribution < -0.4 is 4.90 Å². The molecule has 0 saturated heterocycles. The van der Waals surface area contributed by atoms with Crippen molar-refractivity contribution < 1.29 is 0 Å². The Balaban J connectivity index is 1.21. The lowest BCUT2D eigenvalue weighted by Crippen LogP contribution is -2.31. The number of nitrogens with zero attached hydrogens (tertiary/aromatic N) is 2. The molecule has 0 N–H and O–H groups in total. The fourth-order valence-electron chi connectivity index (χ4n) is 10.4. The Kier molecular flexibility index (Phi) is 5.70. The topological polar surface area (TPSA) is 8.17 Å². The third kappa shape index (κ3) is 3.72. The van der Waals surface area contributed by atoms with Crippen molar-refractivity contribution in [1.82, 2.24) is 4.57 Å². The summed E-state index contributed by atoms with van der Waals surface area (Å²) in [5.74, 6) is 1.56. The molecule has 1 spiro atoms. The lowest BCUT2D eigenvalue weighted by atomic mass is 9.67. The van der Waals surface area contributed by atoms with Crippen LogP contribution in [0.5, 0.6) is 0 Å². The monoisotopic (exact) mass is 628 g/mol. The van der Waals surface area contributed by atoms with Crippen molar-refractivity contribution in [2.24, 2.45) is 11.8 Å². The first-order valence-electron chi connectivity index (χ1n) is 17.9. The van der Waals surface area contributed by atoms with E-state index in [9.17, 15) is 0 Å². The van der Waals surface area contributed by atoms with E-state index in [0.717, 1.165) is 11.8 Å². The summed E-state index contributed by atoms with van der Waals surface area (Å²) in [5, 5.41) is 5.05. The lowest BCUT2D eigenvalue weighted by Gasteiger charge is -2.37. The molecule has 1 aromatic heterocycles. The van der Waals surface area contributed by atoms with E-state index >= 15 is 0 Å². The van der Waals surface area contributed by atoms with Gasteiger partial charge >= 0.3 is 0 Å². The molecule has 11 rings (SSSR count). The number of rotatable bonds is 4. The van der Waals surface area contributed by atoms with E-state index in [0.29, 0.717) is 0 Å². The summed E-state index contributed by atoms with van der Waals surface area (Å²) < 4.78 is 2.41. The van der Waals surface area contributed by atoms with Crippen LogP contribution in [0.2, 0.25) is 0 Å². The summed E-state index contributed by atoms with van der Waals surface area (Å²) in [6.07, 6.45) is 5.39. The Labute approximate surface area is 286 Å².